The summed E-state index contributed by atoms with van der Waals surface area (Å²) in [5.41, 5.74) is 3.19. The Morgan fingerprint density at radius 3 is 2.41 bits per heavy atom. The lowest BCUT2D eigenvalue weighted by Gasteiger charge is -2.10. The molecule has 0 aliphatic heterocycles. The molecule has 1 aromatic heterocycles. The van der Waals surface area contributed by atoms with Crippen LogP contribution in [0, 0.1) is 12.8 Å². The fourth-order valence-corrected chi connectivity index (χ4v) is 2.78. The summed E-state index contributed by atoms with van der Waals surface area (Å²) in [6.07, 6.45) is 1.66. The molecule has 6 nitrogen and oxygen atoms in total. The van der Waals surface area contributed by atoms with Crippen molar-refractivity contribution in [2.24, 2.45) is 5.92 Å². The summed E-state index contributed by atoms with van der Waals surface area (Å²) in [4.78, 5) is 28.6. The van der Waals surface area contributed by atoms with Crippen LogP contribution in [0.3, 0.4) is 0 Å². The number of hydrogen-bond donors (Lipinski definition) is 2. The van der Waals surface area contributed by atoms with Crippen LogP contribution in [-0.4, -0.2) is 29.9 Å². The van der Waals surface area contributed by atoms with Gasteiger partial charge in [-0.1, -0.05) is 55.8 Å². The van der Waals surface area contributed by atoms with Gasteiger partial charge in [0.2, 0.25) is 11.8 Å². The zero-order valence-corrected chi connectivity index (χ0v) is 16.9. The van der Waals surface area contributed by atoms with Crippen LogP contribution in [0.25, 0.3) is 22.8 Å². The first-order chi connectivity index (χ1) is 14.0. The van der Waals surface area contributed by atoms with Gasteiger partial charge in [-0.05, 0) is 19.1 Å². The standard InChI is InChI=1S/C23H25N3O3/c1-15(2)21(27)24-12-13-25-22(28)18-6-4-5-7-19(18)23-26-14-20(29-23)17-10-8-16(3)9-11-17/h4-11,14-15H,12-13H2,1-3H3,(H,24,27)(H,25,28). The Kier molecular flexibility index (Phi) is 6.44. The fourth-order valence-electron chi connectivity index (χ4n) is 2.78. The van der Waals surface area contributed by atoms with Gasteiger partial charge in [0, 0.05) is 30.1 Å². The Balaban J connectivity index is 1.71. The first-order valence-electron chi connectivity index (χ1n) is 9.64. The molecule has 0 atom stereocenters. The quantitative estimate of drug-likeness (QED) is 0.600. The van der Waals surface area contributed by atoms with Crippen molar-refractivity contribution >= 4 is 11.8 Å². The number of amides is 2. The third-order valence-corrected chi connectivity index (χ3v) is 4.48. The maximum atomic E-state index is 12.6. The van der Waals surface area contributed by atoms with Gasteiger partial charge in [-0.25, -0.2) is 4.98 Å². The minimum atomic E-state index is -0.241. The van der Waals surface area contributed by atoms with Crippen LogP contribution in [0.1, 0.15) is 29.8 Å². The topological polar surface area (TPSA) is 84.2 Å². The predicted molar refractivity (Wildman–Crippen MR) is 112 cm³/mol. The number of aromatic nitrogens is 1. The Labute approximate surface area is 170 Å². The van der Waals surface area contributed by atoms with E-state index in [-0.39, 0.29) is 17.7 Å². The van der Waals surface area contributed by atoms with Crippen LogP contribution in [0.4, 0.5) is 0 Å². The smallest absolute Gasteiger partial charge is 0.252 e. The van der Waals surface area contributed by atoms with Crippen molar-refractivity contribution in [3.8, 4) is 22.8 Å². The fraction of sp³-hybridized carbons (Fsp3) is 0.261. The molecule has 0 aliphatic carbocycles. The molecule has 0 bridgehead atoms. The Morgan fingerprint density at radius 1 is 1.00 bits per heavy atom. The molecule has 3 aromatic rings. The van der Waals surface area contributed by atoms with Crippen molar-refractivity contribution < 1.29 is 14.0 Å². The van der Waals surface area contributed by atoms with Gasteiger partial charge in [0.25, 0.3) is 5.91 Å². The van der Waals surface area contributed by atoms with E-state index in [1.807, 2.05) is 51.1 Å². The van der Waals surface area contributed by atoms with E-state index in [0.29, 0.717) is 35.9 Å². The van der Waals surface area contributed by atoms with Crippen LogP contribution in [-0.2, 0) is 4.79 Å². The van der Waals surface area contributed by atoms with E-state index < -0.39 is 0 Å². The molecule has 2 amide bonds. The summed E-state index contributed by atoms with van der Waals surface area (Å²) in [6.45, 7) is 6.39. The second-order valence-electron chi connectivity index (χ2n) is 7.14. The lowest BCUT2D eigenvalue weighted by Crippen LogP contribution is -2.36. The number of hydrogen-bond acceptors (Lipinski definition) is 4. The number of oxazole rings is 1. The van der Waals surface area contributed by atoms with Gasteiger partial charge in [0.05, 0.1) is 11.8 Å². The Morgan fingerprint density at radius 2 is 1.69 bits per heavy atom. The molecule has 0 saturated heterocycles. The predicted octanol–water partition coefficient (Wildman–Crippen LogP) is 3.82. The van der Waals surface area contributed by atoms with Crippen molar-refractivity contribution in [1.82, 2.24) is 15.6 Å². The third kappa shape index (κ3) is 5.10. The lowest BCUT2D eigenvalue weighted by atomic mass is 10.1. The van der Waals surface area contributed by atoms with Gasteiger partial charge in [0.15, 0.2) is 5.76 Å². The summed E-state index contributed by atoms with van der Waals surface area (Å²) in [5, 5.41) is 5.60. The Bertz CT molecular complexity index is 991. The van der Waals surface area contributed by atoms with Crippen molar-refractivity contribution in [3.63, 3.8) is 0 Å². The molecule has 0 fully saturated rings. The molecule has 0 spiro atoms. The zero-order chi connectivity index (χ0) is 20.8. The van der Waals surface area contributed by atoms with E-state index in [1.54, 1.807) is 24.4 Å². The highest BCUT2D eigenvalue weighted by Crippen LogP contribution is 2.28. The van der Waals surface area contributed by atoms with E-state index in [0.717, 1.165) is 5.56 Å². The van der Waals surface area contributed by atoms with Gasteiger partial charge in [-0.3, -0.25) is 9.59 Å². The van der Waals surface area contributed by atoms with E-state index in [1.165, 1.54) is 5.56 Å². The second kappa shape index (κ2) is 9.19. The SMILES string of the molecule is Cc1ccc(-c2cnc(-c3ccccc3C(=O)NCCNC(=O)C(C)C)o2)cc1. The minimum Gasteiger partial charge on any atom is -0.436 e. The van der Waals surface area contributed by atoms with Crippen LogP contribution < -0.4 is 10.6 Å². The first-order valence-corrected chi connectivity index (χ1v) is 9.64. The maximum absolute atomic E-state index is 12.6. The number of benzene rings is 2. The normalized spacial score (nSPS) is 10.8. The first kappa shape index (κ1) is 20.3. The van der Waals surface area contributed by atoms with Crippen molar-refractivity contribution in [1.29, 1.82) is 0 Å². The van der Waals surface area contributed by atoms with Gasteiger partial charge in [0.1, 0.15) is 0 Å². The summed E-state index contributed by atoms with van der Waals surface area (Å²) in [7, 11) is 0. The molecule has 0 saturated carbocycles. The largest absolute Gasteiger partial charge is 0.436 e. The molecular formula is C23H25N3O3. The highest BCUT2D eigenvalue weighted by molar-refractivity contribution is 6.00. The van der Waals surface area contributed by atoms with Gasteiger partial charge >= 0.3 is 0 Å². The molecule has 6 heteroatoms. The monoisotopic (exact) mass is 391 g/mol. The lowest BCUT2D eigenvalue weighted by molar-refractivity contribution is -0.123. The number of carbonyl (C=O) groups is 2. The van der Waals surface area contributed by atoms with E-state index in [4.69, 9.17) is 4.42 Å². The molecule has 3 rings (SSSR count). The van der Waals surface area contributed by atoms with Crippen molar-refractivity contribution in [2.45, 2.75) is 20.8 Å². The molecular weight excluding hydrogens is 366 g/mol. The zero-order valence-electron chi connectivity index (χ0n) is 16.9. The molecule has 1 heterocycles. The van der Waals surface area contributed by atoms with Crippen LogP contribution in [0.2, 0.25) is 0 Å². The second-order valence-corrected chi connectivity index (χ2v) is 7.14. The average molecular weight is 391 g/mol. The summed E-state index contributed by atoms with van der Waals surface area (Å²) < 4.78 is 5.92. The van der Waals surface area contributed by atoms with E-state index in [9.17, 15) is 9.59 Å². The van der Waals surface area contributed by atoms with Gasteiger partial charge in [-0.15, -0.1) is 0 Å². The number of carbonyl (C=O) groups excluding carboxylic acids is 2. The number of rotatable bonds is 7. The molecule has 0 radical (unpaired) electrons. The molecule has 0 aliphatic rings. The Hall–Kier alpha value is -3.41. The summed E-state index contributed by atoms with van der Waals surface area (Å²) in [5.74, 6) is 0.669. The number of nitrogens with zero attached hydrogens (tertiary/aromatic N) is 1. The highest BCUT2D eigenvalue weighted by Gasteiger charge is 2.17. The molecule has 0 unspecified atom stereocenters. The van der Waals surface area contributed by atoms with Crippen LogP contribution in [0.5, 0.6) is 0 Å². The maximum Gasteiger partial charge on any atom is 0.252 e. The molecule has 2 aromatic carbocycles. The summed E-state index contributed by atoms with van der Waals surface area (Å²) in [6, 6.07) is 15.1. The van der Waals surface area contributed by atoms with Crippen LogP contribution in [0.15, 0.2) is 59.1 Å². The molecule has 150 valence electrons. The highest BCUT2D eigenvalue weighted by atomic mass is 16.4. The molecule has 2 N–H and O–H groups in total. The average Bonchev–Trinajstić information content (AvgIpc) is 3.21. The third-order valence-electron chi connectivity index (χ3n) is 4.48. The minimum absolute atomic E-state index is 0.0388. The van der Waals surface area contributed by atoms with Gasteiger partial charge < -0.3 is 15.1 Å². The van der Waals surface area contributed by atoms with E-state index in [2.05, 4.69) is 15.6 Å². The molecule has 29 heavy (non-hydrogen) atoms. The van der Waals surface area contributed by atoms with Crippen molar-refractivity contribution in [2.75, 3.05) is 13.1 Å². The van der Waals surface area contributed by atoms with E-state index >= 15 is 0 Å². The van der Waals surface area contributed by atoms with Crippen molar-refractivity contribution in [3.05, 3.63) is 65.9 Å². The summed E-state index contributed by atoms with van der Waals surface area (Å²) >= 11 is 0. The number of aryl methyl sites for hydroxylation is 1. The number of nitrogens with one attached hydrogen (secondary N) is 2. The van der Waals surface area contributed by atoms with Gasteiger partial charge in [-0.2, -0.15) is 0 Å². The van der Waals surface area contributed by atoms with Crippen LogP contribution >= 0.6 is 0 Å².